The molecule has 0 saturated carbocycles. The summed E-state index contributed by atoms with van der Waals surface area (Å²) in [6, 6.07) is 4.65. The first-order chi connectivity index (χ1) is 8.82. The standard InChI is InChI=1S/C13H11F3N2O/c1-8-6-11(12(19)13(14,15)16)9(2)18(8)10-4-3-5-17-7-10/h3-7H,1-2H3. The number of Topliss-reactive ketones (excluding diaryl/α,β-unsaturated/α-hetero) is 1. The Kier molecular flexibility index (Phi) is 3.18. The van der Waals surface area contributed by atoms with E-state index in [4.69, 9.17) is 0 Å². The maximum Gasteiger partial charge on any atom is 0.454 e. The second-order valence-electron chi connectivity index (χ2n) is 4.16. The molecule has 2 aromatic heterocycles. The van der Waals surface area contributed by atoms with Crippen LogP contribution in [-0.2, 0) is 0 Å². The molecule has 0 fully saturated rings. The Labute approximate surface area is 107 Å². The summed E-state index contributed by atoms with van der Waals surface area (Å²) in [5.41, 5.74) is 1.11. The van der Waals surface area contributed by atoms with Gasteiger partial charge in [-0.3, -0.25) is 9.78 Å². The van der Waals surface area contributed by atoms with Crippen molar-refractivity contribution < 1.29 is 18.0 Å². The molecule has 0 radical (unpaired) electrons. The zero-order valence-electron chi connectivity index (χ0n) is 10.3. The molecule has 0 aliphatic carbocycles. The van der Waals surface area contributed by atoms with Gasteiger partial charge in [-0.1, -0.05) is 0 Å². The zero-order chi connectivity index (χ0) is 14.2. The van der Waals surface area contributed by atoms with Crippen LogP contribution in [0.1, 0.15) is 21.7 Å². The van der Waals surface area contributed by atoms with Gasteiger partial charge in [0.1, 0.15) is 0 Å². The van der Waals surface area contributed by atoms with E-state index in [0.29, 0.717) is 11.4 Å². The van der Waals surface area contributed by atoms with Gasteiger partial charge in [0.05, 0.1) is 11.9 Å². The van der Waals surface area contributed by atoms with Crippen molar-refractivity contribution in [3.8, 4) is 5.69 Å². The lowest BCUT2D eigenvalue weighted by Crippen LogP contribution is -2.23. The molecule has 2 rings (SSSR count). The molecule has 0 N–H and O–H groups in total. The highest BCUT2D eigenvalue weighted by atomic mass is 19.4. The monoisotopic (exact) mass is 268 g/mol. The largest absolute Gasteiger partial charge is 0.454 e. The van der Waals surface area contributed by atoms with Crippen molar-refractivity contribution in [3.63, 3.8) is 0 Å². The van der Waals surface area contributed by atoms with Crippen LogP contribution >= 0.6 is 0 Å². The molecule has 0 bridgehead atoms. The SMILES string of the molecule is Cc1cc(C(=O)C(F)(F)F)c(C)n1-c1cccnc1. The van der Waals surface area contributed by atoms with E-state index in [1.807, 2.05) is 0 Å². The normalized spacial score (nSPS) is 11.6. The first kappa shape index (κ1) is 13.3. The Bertz CT molecular complexity index is 615. The van der Waals surface area contributed by atoms with Gasteiger partial charge in [0.25, 0.3) is 5.78 Å². The number of alkyl halides is 3. The first-order valence-corrected chi connectivity index (χ1v) is 5.53. The molecule has 2 heterocycles. The van der Waals surface area contributed by atoms with Gasteiger partial charge in [0, 0.05) is 23.1 Å². The number of aromatic nitrogens is 2. The van der Waals surface area contributed by atoms with Crippen molar-refractivity contribution in [3.05, 3.63) is 47.5 Å². The van der Waals surface area contributed by atoms with E-state index in [0.717, 1.165) is 0 Å². The third-order valence-electron chi connectivity index (χ3n) is 2.84. The maximum absolute atomic E-state index is 12.5. The Morgan fingerprint density at radius 1 is 1.32 bits per heavy atom. The van der Waals surface area contributed by atoms with Crippen molar-refractivity contribution in [2.75, 3.05) is 0 Å². The van der Waals surface area contributed by atoms with E-state index in [-0.39, 0.29) is 11.3 Å². The van der Waals surface area contributed by atoms with Crippen LogP contribution in [0.4, 0.5) is 13.2 Å². The first-order valence-electron chi connectivity index (χ1n) is 5.53. The van der Waals surface area contributed by atoms with Gasteiger partial charge >= 0.3 is 6.18 Å². The fourth-order valence-electron chi connectivity index (χ4n) is 2.03. The molecule has 0 aliphatic heterocycles. The number of nitrogens with zero attached hydrogens (tertiary/aromatic N) is 2. The molecule has 0 saturated heterocycles. The number of rotatable bonds is 2. The third-order valence-corrected chi connectivity index (χ3v) is 2.84. The highest BCUT2D eigenvalue weighted by Crippen LogP contribution is 2.27. The van der Waals surface area contributed by atoms with Crippen LogP contribution in [0, 0.1) is 13.8 Å². The second-order valence-corrected chi connectivity index (χ2v) is 4.16. The van der Waals surface area contributed by atoms with Crippen molar-refractivity contribution in [1.82, 2.24) is 9.55 Å². The molecule has 0 atom stereocenters. The van der Waals surface area contributed by atoms with Crippen LogP contribution in [0.3, 0.4) is 0 Å². The molecule has 19 heavy (non-hydrogen) atoms. The predicted octanol–water partition coefficient (Wildman–Crippen LogP) is 3.23. The Balaban J connectivity index is 2.56. The van der Waals surface area contributed by atoms with Gasteiger partial charge in [-0.15, -0.1) is 0 Å². The molecule has 0 amide bonds. The van der Waals surface area contributed by atoms with Crippen LogP contribution in [0.5, 0.6) is 0 Å². The van der Waals surface area contributed by atoms with Crippen molar-refractivity contribution in [1.29, 1.82) is 0 Å². The minimum absolute atomic E-state index is 0.257. The number of carbonyl (C=O) groups is 1. The predicted molar refractivity (Wildman–Crippen MR) is 63.4 cm³/mol. The summed E-state index contributed by atoms with van der Waals surface area (Å²) < 4.78 is 39.0. The number of hydrogen-bond acceptors (Lipinski definition) is 2. The maximum atomic E-state index is 12.5. The van der Waals surface area contributed by atoms with E-state index >= 15 is 0 Å². The van der Waals surface area contributed by atoms with Gasteiger partial charge in [-0.25, -0.2) is 0 Å². The van der Waals surface area contributed by atoms with Gasteiger partial charge < -0.3 is 4.57 Å². The summed E-state index contributed by atoms with van der Waals surface area (Å²) in [7, 11) is 0. The summed E-state index contributed by atoms with van der Waals surface area (Å²) in [6.07, 6.45) is -1.76. The van der Waals surface area contributed by atoms with Crippen LogP contribution in [0.15, 0.2) is 30.6 Å². The van der Waals surface area contributed by atoms with E-state index in [1.165, 1.54) is 19.2 Å². The Morgan fingerprint density at radius 3 is 2.53 bits per heavy atom. The molecule has 0 spiro atoms. The zero-order valence-corrected chi connectivity index (χ0v) is 10.3. The lowest BCUT2D eigenvalue weighted by Gasteiger charge is -2.09. The topological polar surface area (TPSA) is 34.9 Å². The molecule has 100 valence electrons. The fraction of sp³-hybridized carbons (Fsp3) is 0.231. The van der Waals surface area contributed by atoms with Crippen LogP contribution in [0.2, 0.25) is 0 Å². The van der Waals surface area contributed by atoms with Crippen molar-refractivity contribution >= 4 is 5.78 Å². The van der Waals surface area contributed by atoms with Gasteiger partial charge in [-0.05, 0) is 32.0 Å². The summed E-state index contributed by atoms with van der Waals surface area (Å²) >= 11 is 0. The molecule has 3 nitrogen and oxygen atoms in total. The summed E-state index contributed by atoms with van der Waals surface area (Å²) in [5, 5.41) is 0. The second kappa shape index (κ2) is 4.53. The summed E-state index contributed by atoms with van der Waals surface area (Å²) in [4.78, 5) is 15.2. The Hall–Kier alpha value is -2.11. The minimum atomic E-state index is -4.86. The lowest BCUT2D eigenvalue weighted by molar-refractivity contribution is -0.0885. The molecular weight excluding hydrogens is 257 g/mol. The number of carbonyl (C=O) groups excluding carboxylic acids is 1. The van der Waals surface area contributed by atoms with Gasteiger partial charge in [-0.2, -0.15) is 13.2 Å². The molecular formula is C13H11F3N2O. The van der Waals surface area contributed by atoms with Crippen LogP contribution in [0.25, 0.3) is 5.69 Å². The molecule has 6 heteroatoms. The number of halogens is 3. The van der Waals surface area contributed by atoms with Crippen LogP contribution < -0.4 is 0 Å². The highest BCUT2D eigenvalue weighted by Gasteiger charge is 2.41. The van der Waals surface area contributed by atoms with Gasteiger partial charge in [0.2, 0.25) is 0 Å². The third kappa shape index (κ3) is 2.38. The average molecular weight is 268 g/mol. The average Bonchev–Trinajstić information content (AvgIpc) is 2.64. The number of pyridine rings is 1. The van der Waals surface area contributed by atoms with E-state index in [2.05, 4.69) is 4.98 Å². The molecule has 0 aliphatic rings. The molecule has 0 unspecified atom stereocenters. The van der Waals surface area contributed by atoms with Crippen molar-refractivity contribution in [2.45, 2.75) is 20.0 Å². The summed E-state index contributed by atoms with van der Waals surface area (Å²) in [5.74, 6) is -1.82. The van der Waals surface area contributed by atoms with E-state index in [9.17, 15) is 18.0 Å². The quantitative estimate of drug-likeness (QED) is 0.784. The van der Waals surface area contributed by atoms with Crippen molar-refractivity contribution in [2.24, 2.45) is 0 Å². The van der Waals surface area contributed by atoms with Gasteiger partial charge in [0.15, 0.2) is 0 Å². The van der Waals surface area contributed by atoms with Crippen LogP contribution in [-0.4, -0.2) is 21.5 Å². The molecule has 2 aromatic rings. The summed E-state index contributed by atoms with van der Waals surface area (Å²) in [6.45, 7) is 3.13. The Morgan fingerprint density at radius 2 is 2.00 bits per heavy atom. The fourth-order valence-corrected chi connectivity index (χ4v) is 2.03. The smallest absolute Gasteiger partial charge is 0.316 e. The lowest BCUT2D eigenvalue weighted by atomic mass is 10.1. The van der Waals surface area contributed by atoms with E-state index in [1.54, 1.807) is 29.8 Å². The minimum Gasteiger partial charge on any atom is -0.316 e. The highest BCUT2D eigenvalue weighted by molar-refractivity contribution is 6.01. The number of ketones is 1. The number of hydrogen-bond donors (Lipinski definition) is 0. The molecule has 0 aromatic carbocycles. The van der Waals surface area contributed by atoms with E-state index < -0.39 is 12.0 Å². The number of aryl methyl sites for hydroxylation is 1.